The van der Waals surface area contributed by atoms with Crippen LogP contribution in [0.4, 0.5) is 8.78 Å². The van der Waals surface area contributed by atoms with Gasteiger partial charge in [0.2, 0.25) is 0 Å². The number of hydrogen-bond acceptors (Lipinski definition) is 7. The second-order valence-corrected chi connectivity index (χ2v) is 9.25. The Hall–Kier alpha value is -4.78. The lowest BCUT2D eigenvalue weighted by Crippen LogP contribution is -2.32. The van der Waals surface area contributed by atoms with Gasteiger partial charge in [-0.05, 0) is 60.9 Å². The summed E-state index contributed by atoms with van der Waals surface area (Å²) >= 11 is 0. The highest BCUT2D eigenvalue weighted by Crippen LogP contribution is 2.52. The van der Waals surface area contributed by atoms with E-state index in [0.29, 0.717) is 51.7 Å². The highest BCUT2D eigenvalue weighted by atomic mass is 19.3. The van der Waals surface area contributed by atoms with Crippen LogP contribution < -0.4 is 19.8 Å². The number of methoxy groups -OCH3 is 1. The predicted molar refractivity (Wildman–Crippen MR) is 131 cm³/mol. The minimum atomic E-state index is -3.76. The highest BCUT2D eigenvalue weighted by Gasteiger charge is 2.52. The Bertz CT molecular complexity index is 1740. The van der Waals surface area contributed by atoms with E-state index in [1.807, 2.05) is 0 Å². The van der Waals surface area contributed by atoms with E-state index in [9.17, 15) is 23.6 Å². The number of halogens is 2. The number of benzene rings is 3. The minimum absolute atomic E-state index is 0.104. The Morgan fingerprint density at radius 3 is 2.61 bits per heavy atom. The number of hydrogen-bond donors (Lipinski definition) is 0. The molecule has 1 aliphatic carbocycles. The van der Waals surface area contributed by atoms with Gasteiger partial charge in [-0.2, -0.15) is 10.4 Å². The molecule has 6 rings (SSSR count). The van der Waals surface area contributed by atoms with Gasteiger partial charge in [0.05, 0.1) is 35.2 Å². The van der Waals surface area contributed by atoms with Crippen molar-refractivity contribution in [3.05, 3.63) is 82.1 Å². The topological polar surface area (TPSA) is 103 Å². The molecule has 0 N–H and O–H groups in total. The molecule has 0 amide bonds. The van der Waals surface area contributed by atoms with Crippen molar-refractivity contribution in [3.8, 4) is 34.6 Å². The molecule has 2 heterocycles. The van der Waals surface area contributed by atoms with Gasteiger partial charge in [0.1, 0.15) is 12.3 Å². The molecule has 8 nitrogen and oxygen atoms in total. The number of nitrogens with zero attached hydrogens (tertiary/aromatic N) is 3. The molecule has 0 radical (unpaired) electrons. The Morgan fingerprint density at radius 1 is 1.08 bits per heavy atom. The number of ketones is 1. The van der Waals surface area contributed by atoms with E-state index in [0.717, 1.165) is 4.68 Å². The Kier molecular flexibility index (Phi) is 5.21. The van der Waals surface area contributed by atoms with Crippen molar-refractivity contribution in [2.24, 2.45) is 0 Å². The fourth-order valence-corrected chi connectivity index (χ4v) is 4.84. The van der Waals surface area contributed by atoms with Crippen LogP contribution in [0, 0.1) is 11.3 Å². The number of rotatable bonds is 6. The van der Waals surface area contributed by atoms with Crippen LogP contribution >= 0.6 is 0 Å². The third kappa shape index (κ3) is 3.84. The standard InChI is InChI=1S/C28H19F2N3O5/c1-36-19-6-7-20-21(13-19)26(35)33(32-25(20)17-4-2-3-16(11-17)14-31)15-24(34)27(9-10-27)18-5-8-22-23(12-18)38-28(29,30)37-22/h2-8,11-13H,9-10,15H2,1H3. The third-order valence-electron chi connectivity index (χ3n) is 6.96. The van der Waals surface area contributed by atoms with E-state index in [4.69, 9.17) is 4.74 Å². The largest absolute Gasteiger partial charge is 0.586 e. The van der Waals surface area contributed by atoms with E-state index in [1.165, 1.54) is 19.2 Å². The maximum atomic E-state index is 13.6. The van der Waals surface area contributed by atoms with E-state index in [-0.39, 0.29) is 23.8 Å². The molecule has 2 aliphatic rings. The summed E-state index contributed by atoms with van der Waals surface area (Å²) in [5.74, 6) is -0.0603. The van der Waals surface area contributed by atoms with Crippen LogP contribution in [0.3, 0.4) is 0 Å². The van der Waals surface area contributed by atoms with Gasteiger partial charge in [-0.15, -0.1) is 8.78 Å². The summed E-state index contributed by atoms with van der Waals surface area (Å²) in [4.78, 5) is 27.1. The molecule has 0 saturated heterocycles. The summed E-state index contributed by atoms with van der Waals surface area (Å²) in [5, 5.41) is 14.8. The van der Waals surface area contributed by atoms with Crippen molar-refractivity contribution in [2.45, 2.75) is 31.1 Å². The molecular weight excluding hydrogens is 496 g/mol. The zero-order valence-electron chi connectivity index (χ0n) is 20.0. The molecule has 0 bridgehead atoms. The Balaban J connectivity index is 1.42. The molecule has 1 fully saturated rings. The molecule has 0 spiro atoms. The zero-order valence-corrected chi connectivity index (χ0v) is 20.0. The number of fused-ring (bicyclic) bond motifs is 2. The SMILES string of the molecule is COc1ccc2c(-c3cccc(C#N)c3)nn(CC(=O)C3(c4ccc5c(c4)OC(F)(F)O5)CC3)c(=O)c2c1. The van der Waals surface area contributed by atoms with Crippen LogP contribution in [0.1, 0.15) is 24.0 Å². The van der Waals surface area contributed by atoms with Crippen LogP contribution in [0.2, 0.25) is 0 Å². The zero-order chi connectivity index (χ0) is 26.7. The number of nitriles is 1. The van der Waals surface area contributed by atoms with Crippen molar-refractivity contribution in [3.63, 3.8) is 0 Å². The van der Waals surface area contributed by atoms with Gasteiger partial charge in [-0.1, -0.05) is 18.2 Å². The second kappa shape index (κ2) is 8.38. The van der Waals surface area contributed by atoms with Crippen LogP contribution in [0.25, 0.3) is 22.0 Å². The summed E-state index contributed by atoms with van der Waals surface area (Å²) in [6, 6.07) is 18.2. The number of aromatic nitrogens is 2. The minimum Gasteiger partial charge on any atom is -0.497 e. The molecule has 0 unspecified atom stereocenters. The average molecular weight is 515 g/mol. The van der Waals surface area contributed by atoms with Gasteiger partial charge in [-0.25, -0.2) is 4.68 Å². The van der Waals surface area contributed by atoms with E-state index in [2.05, 4.69) is 20.6 Å². The van der Waals surface area contributed by atoms with Crippen molar-refractivity contribution >= 4 is 16.6 Å². The lowest BCUT2D eigenvalue weighted by molar-refractivity contribution is -0.286. The first-order chi connectivity index (χ1) is 18.2. The van der Waals surface area contributed by atoms with E-state index in [1.54, 1.807) is 48.5 Å². The molecule has 4 aromatic rings. The van der Waals surface area contributed by atoms with Crippen LogP contribution in [0.5, 0.6) is 17.2 Å². The smallest absolute Gasteiger partial charge is 0.497 e. The molecular formula is C28H19F2N3O5. The third-order valence-corrected chi connectivity index (χ3v) is 6.96. The Labute approximate surface area is 214 Å². The summed E-state index contributed by atoms with van der Waals surface area (Å²) in [5.41, 5.74) is 0.556. The van der Waals surface area contributed by atoms with Gasteiger partial charge in [0.15, 0.2) is 17.3 Å². The summed E-state index contributed by atoms with van der Waals surface area (Å²) < 4.78 is 42.4. The van der Waals surface area contributed by atoms with Crippen LogP contribution in [-0.4, -0.2) is 29.0 Å². The lowest BCUT2D eigenvalue weighted by Gasteiger charge is -2.17. The fourth-order valence-electron chi connectivity index (χ4n) is 4.84. The van der Waals surface area contributed by atoms with Crippen molar-refractivity contribution in [1.29, 1.82) is 5.26 Å². The van der Waals surface area contributed by atoms with E-state index < -0.39 is 17.3 Å². The molecule has 1 aromatic heterocycles. The molecule has 1 aliphatic heterocycles. The number of Topliss-reactive ketones (excluding diaryl/α,β-unsaturated/α-hetero) is 1. The van der Waals surface area contributed by atoms with E-state index >= 15 is 0 Å². The first-order valence-corrected chi connectivity index (χ1v) is 11.8. The number of alkyl halides is 2. The molecule has 10 heteroatoms. The Morgan fingerprint density at radius 2 is 1.87 bits per heavy atom. The first kappa shape index (κ1) is 23.6. The maximum Gasteiger partial charge on any atom is 0.586 e. The second-order valence-electron chi connectivity index (χ2n) is 9.25. The first-order valence-electron chi connectivity index (χ1n) is 11.8. The highest BCUT2D eigenvalue weighted by molar-refractivity contribution is 5.96. The molecule has 1 saturated carbocycles. The number of ether oxygens (including phenoxy) is 3. The molecule has 0 atom stereocenters. The molecule has 3 aromatic carbocycles. The predicted octanol–water partition coefficient (Wildman–Crippen LogP) is 4.57. The van der Waals surface area contributed by atoms with Crippen molar-refractivity contribution in [2.75, 3.05) is 7.11 Å². The van der Waals surface area contributed by atoms with Gasteiger partial charge < -0.3 is 14.2 Å². The molecule has 190 valence electrons. The number of carbonyl (C=O) groups is 1. The fraction of sp³-hybridized carbons (Fsp3) is 0.214. The lowest BCUT2D eigenvalue weighted by atomic mass is 9.91. The normalized spacial score (nSPS) is 16.2. The van der Waals surface area contributed by atoms with Gasteiger partial charge in [0.25, 0.3) is 5.56 Å². The number of carbonyl (C=O) groups excluding carboxylic acids is 1. The van der Waals surface area contributed by atoms with Gasteiger partial charge >= 0.3 is 6.29 Å². The van der Waals surface area contributed by atoms with Crippen LogP contribution in [-0.2, 0) is 16.8 Å². The van der Waals surface area contributed by atoms with Crippen molar-refractivity contribution < 1.29 is 27.8 Å². The molecule has 38 heavy (non-hydrogen) atoms. The summed E-state index contributed by atoms with van der Waals surface area (Å²) in [7, 11) is 1.49. The van der Waals surface area contributed by atoms with Gasteiger partial charge in [0, 0.05) is 10.9 Å². The monoisotopic (exact) mass is 515 g/mol. The summed E-state index contributed by atoms with van der Waals surface area (Å²) in [6.45, 7) is -0.332. The van der Waals surface area contributed by atoms with Crippen molar-refractivity contribution in [1.82, 2.24) is 9.78 Å². The van der Waals surface area contributed by atoms with Crippen LogP contribution in [0.15, 0.2) is 65.5 Å². The average Bonchev–Trinajstić information content (AvgIpc) is 3.67. The maximum absolute atomic E-state index is 13.6. The summed E-state index contributed by atoms with van der Waals surface area (Å²) in [6.07, 6.45) is -2.77. The quantitative estimate of drug-likeness (QED) is 0.371. The van der Waals surface area contributed by atoms with Gasteiger partial charge in [-0.3, -0.25) is 9.59 Å².